The molecule has 0 saturated heterocycles. The van der Waals surface area contributed by atoms with Crippen LogP contribution in [0.3, 0.4) is 0 Å². The molecule has 9 heteroatoms. The van der Waals surface area contributed by atoms with Gasteiger partial charge in [0.05, 0.1) is 24.5 Å². The summed E-state index contributed by atoms with van der Waals surface area (Å²) in [6.07, 6.45) is 2.10. The second-order valence-corrected chi connectivity index (χ2v) is 8.12. The van der Waals surface area contributed by atoms with E-state index in [9.17, 15) is 19.1 Å². The maximum absolute atomic E-state index is 14.5. The first-order valence-electron chi connectivity index (χ1n) is 10.9. The van der Waals surface area contributed by atoms with E-state index in [1.807, 2.05) is 25.1 Å². The number of anilines is 1. The van der Waals surface area contributed by atoms with Crippen molar-refractivity contribution in [1.29, 1.82) is 0 Å². The standard InChI is InChI=1S/C26H25FN4O4/c1-16-10-11-31-22(14-28-23(31)12-16)26(34)29-20-13-18(8-9-19(20)27)25(33)30-21(15-35-2)24(32)17-6-4-3-5-7-17/h3-14,21,24,32H,15H2,1-2H3,(H,29,34)(H,30,33)/t21-,24-/m0/s1. The van der Waals surface area contributed by atoms with Crippen LogP contribution in [0.25, 0.3) is 5.65 Å². The fourth-order valence-electron chi connectivity index (χ4n) is 3.72. The number of aliphatic hydroxyl groups excluding tert-OH is 1. The number of ether oxygens (including phenoxy) is 1. The molecule has 0 aliphatic carbocycles. The SMILES string of the molecule is COC[C@H](NC(=O)c1ccc(F)c(NC(=O)c2cnc3cc(C)ccn23)c1)[C@@H](O)c1ccccc1. The molecule has 0 saturated carbocycles. The summed E-state index contributed by atoms with van der Waals surface area (Å²) >= 11 is 0. The summed E-state index contributed by atoms with van der Waals surface area (Å²) < 4.78 is 21.3. The van der Waals surface area contributed by atoms with Gasteiger partial charge < -0.3 is 20.5 Å². The number of nitrogens with one attached hydrogen (secondary N) is 2. The number of fused-ring (bicyclic) bond motifs is 1. The molecule has 0 aliphatic heterocycles. The van der Waals surface area contributed by atoms with Gasteiger partial charge in [0.15, 0.2) is 0 Å². The summed E-state index contributed by atoms with van der Waals surface area (Å²) in [5, 5.41) is 16.0. The average molecular weight is 477 g/mol. The fourth-order valence-corrected chi connectivity index (χ4v) is 3.72. The Labute approximate surface area is 201 Å². The summed E-state index contributed by atoms with van der Waals surface area (Å²) in [6.45, 7) is 1.97. The van der Waals surface area contributed by atoms with E-state index in [-0.39, 0.29) is 23.6 Å². The Morgan fingerprint density at radius 1 is 1.11 bits per heavy atom. The predicted octanol–water partition coefficient (Wildman–Crippen LogP) is 3.51. The first-order valence-corrected chi connectivity index (χ1v) is 10.9. The Bertz CT molecular complexity index is 1360. The molecule has 0 aliphatic rings. The molecule has 0 fully saturated rings. The van der Waals surface area contributed by atoms with E-state index in [2.05, 4.69) is 15.6 Å². The van der Waals surface area contributed by atoms with Gasteiger partial charge in [-0.1, -0.05) is 30.3 Å². The molecule has 4 aromatic rings. The molecule has 180 valence electrons. The lowest BCUT2D eigenvalue weighted by Crippen LogP contribution is -2.42. The number of hydrogen-bond acceptors (Lipinski definition) is 5. The van der Waals surface area contributed by atoms with E-state index in [0.29, 0.717) is 11.2 Å². The quantitative estimate of drug-likeness (QED) is 0.361. The molecule has 3 N–H and O–H groups in total. The number of aromatic nitrogens is 2. The highest BCUT2D eigenvalue weighted by molar-refractivity contribution is 6.04. The molecule has 0 radical (unpaired) electrons. The van der Waals surface area contributed by atoms with Gasteiger partial charge in [-0.2, -0.15) is 0 Å². The molecule has 2 atom stereocenters. The van der Waals surface area contributed by atoms with Crippen molar-refractivity contribution in [3.05, 3.63) is 101 Å². The second-order valence-electron chi connectivity index (χ2n) is 8.12. The lowest BCUT2D eigenvalue weighted by Gasteiger charge is -2.24. The molecule has 4 rings (SSSR count). The highest BCUT2D eigenvalue weighted by atomic mass is 19.1. The van der Waals surface area contributed by atoms with Gasteiger partial charge in [-0.15, -0.1) is 0 Å². The van der Waals surface area contributed by atoms with Crippen LogP contribution < -0.4 is 10.6 Å². The van der Waals surface area contributed by atoms with Crippen molar-refractivity contribution >= 4 is 23.1 Å². The van der Waals surface area contributed by atoms with Crippen LogP contribution in [-0.4, -0.2) is 46.1 Å². The number of nitrogens with zero attached hydrogens (tertiary/aromatic N) is 2. The zero-order valence-corrected chi connectivity index (χ0v) is 19.2. The van der Waals surface area contributed by atoms with Crippen molar-refractivity contribution in [2.75, 3.05) is 19.0 Å². The van der Waals surface area contributed by atoms with Gasteiger partial charge in [0.1, 0.15) is 23.3 Å². The van der Waals surface area contributed by atoms with Gasteiger partial charge in [-0.3, -0.25) is 14.0 Å². The van der Waals surface area contributed by atoms with Gasteiger partial charge in [0.25, 0.3) is 11.8 Å². The molecule has 35 heavy (non-hydrogen) atoms. The van der Waals surface area contributed by atoms with E-state index in [1.54, 1.807) is 34.9 Å². The Hall–Kier alpha value is -4.08. The number of carbonyl (C=O) groups excluding carboxylic acids is 2. The minimum atomic E-state index is -1.02. The van der Waals surface area contributed by atoms with E-state index in [1.165, 1.54) is 25.4 Å². The van der Waals surface area contributed by atoms with Crippen LogP contribution in [0.4, 0.5) is 10.1 Å². The largest absolute Gasteiger partial charge is 0.386 e. The van der Waals surface area contributed by atoms with Gasteiger partial charge in [-0.05, 0) is 48.4 Å². The topological polar surface area (TPSA) is 105 Å². The lowest BCUT2D eigenvalue weighted by molar-refractivity contribution is 0.0594. The minimum Gasteiger partial charge on any atom is -0.386 e. The zero-order chi connectivity index (χ0) is 24.9. The van der Waals surface area contributed by atoms with Crippen molar-refractivity contribution in [2.24, 2.45) is 0 Å². The zero-order valence-electron chi connectivity index (χ0n) is 19.2. The smallest absolute Gasteiger partial charge is 0.274 e. The summed E-state index contributed by atoms with van der Waals surface area (Å²) in [6, 6.07) is 15.4. The number of imidazole rings is 1. The molecule has 0 unspecified atom stereocenters. The first-order chi connectivity index (χ1) is 16.9. The molecule has 8 nitrogen and oxygen atoms in total. The van der Waals surface area contributed by atoms with Gasteiger partial charge in [0, 0.05) is 18.9 Å². The predicted molar refractivity (Wildman–Crippen MR) is 129 cm³/mol. The fraction of sp³-hybridized carbons (Fsp3) is 0.192. The van der Waals surface area contributed by atoms with Crippen molar-refractivity contribution in [3.63, 3.8) is 0 Å². The number of amides is 2. The summed E-state index contributed by atoms with van der Waals surface area (Å²) in [5.41, 5.74) is 2.37. The van der Waals surface area contributed by atoms with E-state index < -0.39 is 29.8 Å². The Kier molecular flexibility index (Phi) is 7.19. The molecular formula is C26H25FN4O4. The minimum absolute atomic E-state index is 0.0559. The molecule has 0 spiro atoms. The molecule has 2 aromatic heterocycles. The maximum Gasteiger partial charge on any atom is 0.274 e. The third-order valence-corrected chi connectivity index (χ3v) is 5.56. The van der Waals surface area contributed by atoms with Crippen LogP contribution in [-0.2, 0) is 4.74 Å². The summed E-state index contributed by atoms with van der Waals surface area (Å²) in [4.78, 5) is 30.0. The number of hydrogen-bond donors (Lipinski definition) is 3. The van der Waals surface area contributed by atoms with Crippen molar-refractivity contribution in [1.82, 2.24) is 14.7 Å². The van der Waals surface area contributed by atoms with Crippen molar-refractivity contribution in [3.8, 4) is 0 Å². The Morgan fingerprint density at radius 3 is 2.63 bits per heavy atom. The monoisotopic (exact) mass is 476 g/mol. The number of methoxy groups -OCH3 is 1. The van der Waals surface area contributed by atoms with Crippen LogP contribution >= 0.6 is 0 Å². The van der Waals surface area contributed by atoms with Crippen LogP contribution in [0.15, 0.2) is 73.1 Å². The number of pyridine rings is 1. The van der Waals surface area contributed by atoms with Crippen LogP contribution in [0.2, 0.25) is 0 Å². The number of carbonyl (C=O) groups is 2. The maximum atomic E-state index is 14.5. The Balaban J connectivity index is 1.52. The van der Waals surface area contributed by atoms with Gasteiger partial charge in [0.2, 0.25) is 0 Å². The molecular weight excluding hydrogens is 451 g/mol. The van der Waals surface area contributed by atoms with E-state index in [4.69, 9.17) is 4.74 Å². The number of aliphatic hydroxyl groups is 1. The number of benzene rings is 2. The summed E-state index contributed by atoms with van der Waals surface area (Å²) in [5.74, 6) is -1.82. The molecule has 2 amide bonds. The van der Waals surface area contributed by atoms with E-state index >= 15 is 0 Å². The van der Waals surface area contributed by atoms with Crippen molar-refractivity contribution in [2.45, 2.75) is 19.1 Å². The average Bonchev–Trinajstić information content (AvgIpc) is 3.28. The summed E-state index contributed by atoms with van der Waals surface area (Å²) in [7, 11) is 1.46. The van der Waals surface area contributed by atoms with Crippen LogP contribution in [0.5, 0.6) is 0 Å². The first kappa shape index (κ1) is 24.1. The van der Waals surface area contributed by atoms with Crippen LogP contribution in [0.1, 0.15) is 38.1 Å². The third-order valence-electron chi connectivity index (χ3n) is 5.56. The van der Waals surface area contributed by atoms with Gasteiger partial charge >= 0.3 is 0 Å². The lowest BCUT2D eigenvalue weighted by atomic mass is 10.0. The highest BCUT2D eigenvalue weighted by Gasteiger charge is 2.24. The van der Waals surface area contributed by atoms with Crippen molar-refractivity contribution < 1.29 is 23.8 Å². The molecule has 0 bridgehead atoms. The van der Waals surface area contributed by atoms with E-state index in [0.717, 1.165) is 11.6 Å². The molecule has 2 heterocycles. The number of aryl methyl sites for hydroxylation is 1. The highest BCUT2D eigenvalue weighted by Crippen LogP contribution is 2.20. The molecule has 2 aromatic carbocycles. The van der Waals surface area contributed by atoms with Gasteiger partial charge in [-0.25, -0.2) is 9.37 Å². The Morgan fingerprint density at radius 2 is 1.89 bits per heavy atom. The number of rotatable bonds is 8. The number of halogens is 1. The second kappa shape index (κ2) is 10.5. The normalized spacial score (nSPS) is 12.8. The third kappa shape index (κ3) is 5.37. The van der Waals surface area contributed by atoms with Crippen LogP contribution in [0, 0.1) is 12.7 Å².